The van der Waals surface area contributed by atoms with E-state index in [0.29, 0.717) is 22.3 Å². The van der Waals surface area contributed by atoms with Gasteiger partial charge in [0.2, 0.25) is 0 Å². The lowest BCUT2D eigenvalue weighted by Gasteiger charge is -2.36. The molecular formula is C19H19ClN2O2S2. The number of hydrogen-bond acceptors (Lipinski definition) is 3. The first-order chi connectivity index (χ1) is 12.5. The SMILES string of the molecule is CCc1ccc(S(=O)(=O)N2CCn3cccc3[C@H]2c2ccc(Cl)cc2)s1. The van der Waals surface area contributed by atoms with Gasteiger partial charge in [0.15, 0.2) is 0 Å². The molecule has 0 N–H and O–H groups in total. The third kappa shape index (κ3) is 3.01. The predicted octanol–water partition coefficient (Wildman–Crippen LogP) is 4.56. The van der Waals surface area contributed by atoms with E-state index in [1.807, 2.05) is 55.6 Å². The lowest BCUT2D eigenvalue weighted by atomic mass is 10.0. The quantitative estimate of drug-likeness (QED) is 0.637. The summed E-state index contributed by atoms with van der Waals surface area (Å²) >= 11 is 7.39. The first-order valence-corrected chi connectivity index (χ1v) is 11.1. The number of thiophene rings is 1. The van der Waals surface area contributed by atoms with E-state index in [9.17, 15) is 8.42 Å². The zero-order chi connectivity index (χ0) is 18.3. The van der Waals surface area contributed by atoms with Crippen molar-refractivity contribution in [3.05, 3.63) is 75.9 Å². The number of rotatable bonds is 4. The average Bonchev–Trinajstić information content (AvgIpc) is 3.31. The number of nitrogens with zero attached hydrogens (tertiary/aromatic N) is 2. The molecule has 0 radical (unpaired) electrons. The third-order valence-electron chi connectivity index (χ3n) is 4.73. The van der Waals surface area contributed by atoms with Gasteiger partial charge in [0, 0.05) is 34.9 Å². The van der Waals surface area contributed by atoms with Crippen LogP contribution >= 0.6 is 22.9 Å². The molecule has 0 bridgehead atoms. The topological polar surface area (TPSA) is 42.3 Å². The van der Waals surface area contributed by atoms with Gasteiger partial charge < -0.3 is 4.57 Å². The minimum Gasteiger partial charge on any atom is -0.348 e. The van der Waals surface area contributed by atoms with Crippen LogP contribution in [0.4, 0.5) is 0 Å². The molecule has 136 valence electrons. The molecule has 1 aliphatic heterocycles. The Morgan fingerprint density at radius 3 is 2.58 bits per heavy atom. The molecule has 0 spiro atoms. The Balaban J connectivity index is 1.82. The van der Waals surface area contributed by atoms with Gasteiger partial charge in [-0.1, -0.05) is 30.7 Å². The van der Waals surface area contributed by atoms with Gasteiger partial charge in [-0.05, 0) is 48.4 Å². The Bertz CT molecular complexity index is 1020. The number of sulfonamides is 1. The van der Waals surface area contributed by atoms with Crippen LogP contribution in [0.2, 0.25) is 5.02 Å². The molecule has 26 heavy (non-hydrogen) atoms. The van der Waals surface area contributed by atoms with Crippen molar-refractivity contribution in [2.24, 2.45) is 0 Å². The second-order valence-electron chi connectivity index (χ2n) is 6.27. The molecule has 4 rings (SSSR count). The molecule has 2 aromatic heterocycles. The van der Waals surface area contributed by atoms with Crippen molar-refractivity contribution in [3.8, 4) is 0 Å². The lowest BCUT2D eigenvalue weighted by Crippen LogP contribution is -2.42. The highest BCUT2D eigenvalue weighted by molar-refractivity contribution is 7.91. The maximum atomic E-state index is 13.4. The Morgan fingerprint density at radius 2 is 1.88 bits per heavy atom. The van der Waals surface area contributed by atoms with Gasteiger partial charge in [-0.25, -0.2) is 8.42 Å². The maximum Gasteiger partial charge on any atom is 0.253 e. The molecule has 0 unspecified atom stereocenters. The summed E-state index contributed by atoms with van der Waals surface area (Å²) in [6.45, 7) is 3.13. The van der Waals surface area contributed by atoms with Crippen molar-refractivity contribution in [2.45, 2.75) is 30.1 Å². The molecule has 1 atom stereocenters. The van der Waals surface area contributed by atoms with Crippen molar-refractivity contribution < 1.29 is 8.42 Å². The summed E-state index contributed by atoms with van der Waals surface area (Å²) in [7, 11) is -3.57. The molecule has 1 aliphatic rings. The van der Waals surface area contributed by atoms with Gasteiger partial charge in [-0.3, -0.25) is 0 Å². The average molecular weight is 407 g/mol. The van der Waals surface area contributed by atoms with Crippen LogP contribution in [-0.2, 0) is 23.0 Å². The fourth-order valence-electron chi connectivity index (χ4n) is 3.41. The summed E-state index contributed by atoms with van der Waals surface area (Å²) in [6.07, 6.45) is 2.84. The van der Waals surface area contributed by atoms with Gasteiger partial charge in [0.1, 0.15) is 4.21 Å². The van der Waals surface area contributed by atoms with Crippen LogP contribution in [0.5, 0.6) is 0 Å². The highest BCUT2D eigenvalue weighted by Crippen LogP contribution is 2.38. The first-order valence-electron chi connectivity index (χ1n) is 8.52. The summed E-state index contributed by atoms with van der Waals surface area (Å²) in [5.74, 6) is 0. The number of aryl methyl sites for hydroxylation is 1. The smallest absolute Gasteiger partial charge is 0.253 e. The second kappa shape index (κ2) is 6.85. The van der Waals surface area contributed by atoms with Gasteiger partial charge in [-0.15, -0.1) is 11.3 Å². The van der Waals surface area contributed by atoms with Crippen LogP contribution in [0.1, 0.15) is 29.1 Å². The lowest BCUT2D eigenvalue weighted by molar-refractivity contribution is 0.299. The van der Waals surface area contributed by atoms with Crippen molar-refractivity contribution in [3.63, 3.8) is 0 Å². The van der Waals surface area contributed by atoms with Crippen LogP contribution in [-0.4, -0.2) is 23.8 Å². The highest BCUT2D eigenvalue weighted by atomic mass is 35.5. The monoisotopic (exact) mass is 406 g/mol. The number of halogens is 1. The second-order valence-corrected chi connectivity index (χ2v) is 9.99. The number of benzene rings is 1. The molecule has 7 heteroatoms. The zero-order valence-electron chi connectivity index (χ0n) is 14.3. The maximum absolute atomic E-state index is 13.4. The molecule has 3 aromatic rings. The van der Waals surface area contributed by atoms with Crippen LogP contribution in [0.3, 0.4) is 0 Å². The highest BCUT2D eigenvalue weighted by Gasteiger charge is 2.38. The summed E-state index contributed by atoms with van der Waals surface area (Å²) in [4.78, 5) is 1.08. The molecule has 0 aliphatic carbocycles. The third-order valence-corrected chi connectivity index (χ3v) is 8.54. The molecule has 1 aromatic carbocycles. The molecular weight excluding hydrogens is 388 g/mol. The van der Waals surface area contributed by atoms with Crippen LogP contribution in [0.15, 0.2) is 58.9 Å². The van der Waals surface area contributed by atoms with E-state index >= 15 is 0 Å². The minimum absolute atomic E-state index is 0.354. The normalized spacial score (nSPS) is 18.0. The minimum atomic E-state index is -3.57. The summed E-state index contributed by atoms with van der Waals surface area (Å²) < 4.78 is 31.0. The van der Waals surface area contributed by atoms with Crippen LogP contribution < -0.4 is 0 Å². The molecule has 3 heterocycles. The summed E-state index contributed by atoms with van der Waals surface area (Å²) in [5.41, 5.74) is 1.90. The fraction of sp³-hybridized carbons (Fsp3) is 0.263. The Morgan fingerprint density at radius 1 is 1.12 bits per heavy atom. The standard InChI is InChI=1S/C19H19ClN2O2S2/c1-2-16-9-10-18(25-16)26(23,24)22-13-12-21-11-3-4-17(21)19(22)14-5-7-15(20)8-6-14/h3-11,19H,2,12-13H2,1H3/t19-/m1/s1. The Labute approximate surface area is 162 Å². The van der Waals surface area contributed by atoms with Crippen molar-refractivity contribution in [1.82, 2.24) is 8.87 Å². The van der Waals surface area contributed by atoms with E-state index in [-0.39, 0.29) is 6.04 Å². The van der Waals surface area contributed by atoms with E-state index < -0.39 is 10.0 Å². The van der Waals surface area contributed by atoms with E-state index in [4.69, 9.17) is 11.6 Å². The fourth-order valence-corrected chi connectivity index (χ4v) is 6.54. The van der Waals surface area contributed by atoms with Crippen LogP contribution in [0.25, 0.3) is 0 Å². The van der Waals surface area contributed by atoms with Crippen molar-refractivity contribution >= 4 is 33.0 Å². The van der Waals surface area contributed by atoms with Crippen molar-refractivity contribution in [2.75, 3.05) is 6.54 Å². The number of hydrogen-bond donors (Lipinski definition) is 0. The Hall–Kier alpha value is -1.60. The van der Waals surface area contributed by atoms with E-state index in [1.165, 1.54) is 11.3 Å². The van der Waals surface area contributed by atoms with E-state index in [1.54, 1.807) is 10.4 Å². The number of fused-ring (bicyclic) bond motifs is 1. The van der Waals surface area contributed by atoms with Gasteiger partial charge >= 0.3 is 0 Å². The molecule has 0 saturated carbocycles. The summed E-state index contributed by atoms with van der Waals surface area (Å²) in [6, 6.07) is 14.7. The van der Waals surface area contributed by atoms with Gasteiger partial charge in [0.25, 0.3) is 10.0 Å². The number of aromatic nitrogens is 1. The Kier molecular flexibility index (Phi) is 4.69. The van der Waals surface area contributed by atoms with Crippen LogP contribution in [0, 0.1) is 0 Å². The molecule has 0 saturated heterocycles. The van der Waals surface area contributed by atoms with Crippen molar-refractivity contribution in [1.29, 1.82) is 0 Å². The first kappa shape index (κ1) is 17.8. The van der Waals surface area contributed by atoms with Gasteiger partial charge in [0.05, 0.1) is 6.04 Å². The van der Waals surface area contributed by atoms with E-state index in [2.05, 4.69) is 4.57 Å². The molecule has 4 nitrogen and oxygen atoms in total. The predicted molar refractivity (Wildman–Crippen MR) is 105 cm³/mol. The molecule has 0 amide bonds. The zero-order valence-corrected chi connectivity index (χ0v) is 16.7. The van der Waals surface area contributed by atoms with Gasteiger partial charge in [-0.2, -0.15) is 4.31 Å². The summed E-state index contributed by atoms with van der Waals surface area (Å²) in [5, 5.41) is 0.639. The van der Waals surface area contributed by atoms with E-state index in [0.717, 1.165) is 22.6 Å². The largest absolute Gasteiger partial charge is 0.348 e. The molecule has 0 fully saturated rings.